The summed E-state index contributed by atoms with van der Waals surface area (Å²) in [4.78, 5) is 13.7. The Morgan fingerprint density at radius 3 is 2.14 bits per heavy atom. The molecule has 1 aromatic carbocycles. The van der Waals surface area contributed by atoms with Crippen molar-refractivity contribution >= 4 is 15.9 Å². The monoisotopic (exact) mass is 416 g/mol. The topological polar surface area (TPSA) is 70.8 Å². The van der Waals surface area contributed by atoms with Crippen molar-refractivity contribution in [2.45, 2.75) is 24.4 Å². The van der Waals surface area contributed by atoms with Crippen LogP contribution in [0.5, 0.6) is 0 Å². The van der Waals surface area contributed by atoms with Gasteiger partial charge in [0.2, 0.25) is 10.0 Å². The van der Waals surface area contributed by atoms with Crippen LogP contribution in [0, 0.1) is 0 Å². The predicted octanol–water partition coefficient (Wildman–Crippen LogP) is 3.01. The molecule has 0 unspecified atom stereocenters. The highest BCUT2D eigenvalue weighted by Gasteiger charge is 2.33. The number of alkyl halides is 3. The number of benzene rings is 1. The Bertz CT molecular complexity index is 944. The molecule has 3 rings (SSSR count). The maximum absolute atomic E-state index is 12.7. The number of halogens is 3. The van der Waals surface area contributed by atoms with Crippen molar-refractivity contribution in [3.63, 3.8) is 0 Å². The number of carbonyl (C=O) groups excluding carboxylic acids is 1. The number of hydrogen-bond acceptors (Lipinski definition) is 4. The fourth-order valence-corrected chi connectivity index (χ4v) is 4.36. The Morgan fingerprint density at radius 1 is 1.04 bits per heavy atom. The third-order valence-electron chi connectivity index (χ3n) is 4.57. The molecule has 0 saturated carbocycles. The van der Waals surface area contributed by atoms with E-state index < -0.39 is 21.8 Å². The number of carbonyl (C=O) groups is 1. The van der Waals surface area contributed by atoms with Crippen LogP contribution in [-0.4, -0.2) is 49.7 Å². The van der Waals surface area contributed by atoms with Gasteiger partial charge in [-0.2, -0.15) is 17.5 Å². The van der Waals surface area contributed by atoms with Crippen molar-refractivity contribution in [1.29, 1.82) is 0 Å². The van der Waals surface area contributed by atoms with Gasteiger partial charge >= 0.3 is 6.18 Å². The first-order valence-electron chi connectivity index (χ1n) is 8.68. The molecule has 2 heterocycles. The van der Waals surface area contributed by atoms with Gasteiger partial charge < -0.3 is 9.32 Å². The summed E-state index contributed by atoms with van der Waals surface area (Å²) < 4.78 is 69.9. The lowest BCUT2D eigenvalue weighted by Gasteiger charge is -2.33. The van der Waals surface area contributed by atoms with Gasteiger partial charge in [-0.05, 0) is 36.4 Å². The minimum absolute atomic E-state index is 0.0520. The van der Waals surface area contributed by atoms with Crippen LogP contribution in [0.4, 0.5) is 13.2 Å². The van der Waals surface area contributed by atoms with Crippen molar-refractivity contribution in [2.24, 2.45) is 0 Å². The Morgan fingerprint density at radius 2 is 1.64 bits per heavy atom. The Hall–Kier alpha value is -2.33. The van der Waals surface area contributed by atoms with Gasteiger partial charge in [-0.3, -0.25) is 4.79 Å². The van der Waals surface area contributed by atoms with E-state index in [0.29, 0.717) is 12.2 Å². The number of sulfonamides is 1. The van der Waals surface area contributed by atoms with E-state index in [0.717, 1.165) is 24.3 Å². The van der Waals surface area contributed by atoms with Crippen LogP contribution in [0.1, 0.15) is 28.8 Å². The van der Waals surface area contributed by atoms with E-state index >= 15 is 0 Å². The first-order valence-corrected chi connectivity index (χ1v) is 10.1. The van der Waals surface area contributed by atoms with Crippen LogP contribution in [-0.2, 0) is 22.6 Å². The number of furan rings is 1. The number of hydrogen-bond donors (Lipinski definition) is 0. The third kappa shape index (κ3) is 4.07. The summed E-state index contributed by atoms with van der Waals surface area (Å²) in [7, 11) is -3.93. The first-order chi connectivity index (χ1) is 13.1. The van der Waals surface area contributed by atoms with E-state index in [4.69, 9.17) is 4.42 Å². The Balaban J connectivity index is 1.67. The van der Waals surface area contributed by atoms with E-state index in [1.807, 2.05) is 6.92 Å². The SMILES string of the molecule is CCc1ccc(C(=O)N2CCN(S(=O)(=O)c3ccc(C(F)(F)F)cc3)CC2)o1. The summed E-state index contributed by atoms with van der Waals surface area (Å²) in [5, 5.41) is 0. The highest BCUT2D eigenvalue weighted by atomic mass is 32.2. The average molecular weight is 416 g/mol. The summed E-state index contributed by atoms with van der Waals surface area (Å²) in [6, 6.07) is 6.70. The van der Waals surface area contributed by atoms with Crippen LogP contribution >= 0.6 is 0 Å². The maximum atomic E-state index is 12.7. The molecule has 0 atom stereocenters. The molecule has 6 nitrogen and oxygen atoms in total. The van der Waals surface area contributed by atoms with E-state index in [-0.39, 0.29) is 42.7 Å². The summed E-state index contributed by atoms with van der Waals surface area (Å²) in [6.07, 6.45) is -3.87. The number of nitrogens with zero attached hydrogens (tertiary/aromatic N) is 2. The van der Waals surface area contributed by atoms with Crippen LogP contribution in [0.15, 0.2) is 45.7 Å². The normalized spacial score (nSPS) is 16.4. The van der Waals surface area contributed by atoms with Crippen LogP contribution in [0.3, 0.4) is 0 Å². The lowest BCUT2D eigenvalue weighted by atomic mass is 10.2. The molecular formula is C18H19F3N2O4S. The predicted molar refractivity (Wildman–Crippen MR) is 94.2 cm³/mol. The number of piperazine rings is 1. The van der Waals surface area contributed by atoms with Gasteiger partial charge in [-0.25, -0.2) is 8.42 Å². The van der Waals surface area contributed by atoms with Gasteiger partial charge in [0.1, 0.15) is 5.76 Å². The van der Waals surface area contributed by atoms with E-state index in [1.165, 1.54) is 9.21 Å². The average Bonchev–Trinajstić information content (AvgIpc) is 3.16. The maximum Gasteiger partial charge on any atom is 0.416 e. The van der Waals surface area contributed by atoms with Crippen molar-refractivity contribution in [2.75, 3.05) is 26.2 Å². The molecule has 1 aromatic heterocycles. The molecule has 0 radical (unpaired) electrons. The highest BCUT2D eigenvalue weighted by molar-refractivity contribution is 7.89. The molecular weight excluding hydrogens is 397 g/mol. The molecule has 152 valence electrons. The molecule has 1 amide bonds. The van der Waals surface area contributed by atoms with Gasteiger partial charge in [0.15, 0.2) is 5.76 Å². The fraction of sp³-hybridized carbons (Fsp3) is 0.389. The standard InChI is InChI=1S/C18H19F3N2O4S/c1-2-14-5-8-16(27-14)17(24)22-9-11-23(12-10-22)28(25,26)15-6-3-13(4-7-15)18(19,20)21/h3-8H,2,9-12H2,1H3. The van der Waals surface area contributed by atoms with Gasteiger partial charge in [-0.15, -0.1) is 0 Å². The van der Waals surface area contributed by atoms with Crippen molar-refractivity contribution < 1.29 is 30.8 Å². The van der Waals surface area contributed by atoms with Crippen LogP contribution in [0.2, 0.25) is 0 Å². The van der Waals surface area contributed by atoms with Crippen molar-refractivity contribution in [3.8, 4) is 0 Å². The molecule has 0 aliphatic carbocycles. The fourth-order valence-electron chi connectivity index (χ4n) is 2.94. The Labute approximate surface area is 160 Å². The van der Waals surface area contributed by atoms with E-state index in [2.05, 4.69) is 0 Å². The van der Waals surface area contributed by atoms with Gasteiger partial charge in [0.25, 0.3) is 5.91 Å². The molecule has 1 fully saturated rings. The van der Waals surface area contributed by atoms with Crippen LogP contribution < -0.4 is 0 Å². The lowest BCUT2D eigenvalue weighted by Crippen LogP contribution is -2.50. The second-order valence-electron chi connectivity index (χ2n) is 6.34. The second kappa shape index (κ2) is 7.59. The zero-order valence-electron chi connectivity index (χ0n) is 15.1. The van der Waals surface area contributed by atoms with Crippen molar-refractivity contribution in [1.82, 2.24) is 9.21 Å². The minimum atomic E-state index is -4.53. The molecule has 1 aliphatic heterocycles. The molecule has 2 aromatic rings. The first kappa shape index (κ1) is 20.4. The molecule has 1 saturated heterocycles. The molecule has 0 N–H and O–H groups in total. The zero-order valence-corrected chi connectivity index (χ0v) is 15.9. The third-order valence-corrected chi connectivity index (χ3v) is 6.48. The van der Waals surface area contributed by atoms with E-state index in [1.54, 1.807) is 12.1 Å². The Kier molecular flexibility index (Phi) is 5.53. The zero-order chi connectivity index (χ0) is 20.5. The molecule has 10 heteroatoms. The van der Waals surface area contributed by atoms with Gasteiger partial charge in [0.05, 0.1) is 10.5 Å². The summed E-state index contributed by atoms with van der Waals surface area (Å²) >= 11 is 0. The van der Waals surface area contributed by atoms with Gasteiger partial charge in [0, 0.05) is 32.6 Å². The van der Waals surface area contributed by atoms with Gasteiger partial charge in [-0.1, -0.05) is 6.92 Å². The number of amides is 1. The summed E-state index contributed by atoms with van der Waals surface area (Å²) in [5.41, 5.74) is -0.910. The summed E-state index contributed by atoms with van der Waals surface area (Å²) in [6.45, 7) is 2.34. The van der Waals surface area contributed by atoms with E-state index in [9.17, 15) is 26.4 Å². The molecule has 28 heavy (non-hydrogen) atoms. The molecule has 0 bridgehead atoms. The lowest BCUT2D eigenvalue weighted by molar-refractivity contribution is -0.137. The number of rotatable bonds is 4. The highest BCUT2D eigenvalue weighted by Crippen LogP contribution is 2.30. The summed E-state index contributed by atoms with van der Waals surface area (Å²) in [5.74, 6) is 0.578. The van der Waals surface area contributed by atoms with Crippen LogP contribution in [0.25, 0.3) is 0 Å². The minimum Gasteiger partial charge on any atom is -0.456 e. The second-order valence-corrected chi connectivity index (χ2v) is 8.28. The molecule has 0 spiro atoms. The molecule has 1 aliphatic rings. The largest absolute Gasteiger partial charge is 0.456 e. The smallest absolute Gasteiger partial charge is 0.416 e. The van der Waals surface area contributed by atoms with Crippen molar-refractivity contribution in [3.05, 3.63) is 53.5 Å². The number of aryl methyl sites for hydroxylation is 1. The quantitative estimate of drug-likeness (QED) is 0.768.